The second-order valence-electron chi connectivity index (χ2n) is 2.09. The lowest BCUT2D eigenvalue weighted by molar-refractivity contribution is 0.474. The van der Waals surface area contributed by atoms with Gasteiger partial charge in [-0.05, 0) is 37.9 Å². The number of hydrogen-bond donors (Lipinski definition) is 0. The zero-order valence-electron chi connectivity index (χ0n) is 5.67. The summed E-state index contributed by atoms with van der Waals surface area (Å²) in [6, 6.07) is 0.942. The maximum absolute atomic E-state index is 12.9. The minimum absolute atomic E-state index is 0.0341. The smallest absolute Gasteiger partial charge is 0.154 e. The van der Waals surface area contributed by atoms with E-state index in [9.17, 15) is 13.2 Å². The Morgan fingerprint density at radius 3 is 2.25 bits per heavy atom. The average Bonchev–Trinajstić information content (AvgIpc) is 2.08. The molecule has 0 nitrogen and oxygen atoms in total. The number of benzene rings is 1. The van der Waals surface area contributed by atoms with Gasteiger partial charge >= 0.3 is 0 Å². The third-order valence-corrected chi connectivity index (χ3v) is 2.91. The van der Waals surface area contributed by atoms with Gasteiger partial charge < -0.3 is 0 Å². The van der Waals surface area contributed by atoms with E-state index >= 15 is 0 Å². The van der Waals surface area contributed by atoms with Crippen LogP contribution in [0.2, 0.25) is 0 Å². The second-order valence-corrected chi connectivity index (χ2v) is 3.68. The molecule has 0 aromatic heterocycles. The van der Waals surface area contributed by atoms with Crippen LogP contribution in [0.5, 0.6) is 0 Å². The molecule has 1 rings (SSSR count). The largest absolute Gasteiger partial charge is 0.246 e. The van der Waals surface area contributed by atoms with Gasteiger partial charge in [0.05, 0.1) is 8.95 Å². The molecule has 1 aromatic rings. The molecule has 0 unspecified atom stereocenters. The monoisotopic (exact) mass is 302 g/mol. The van der Waals surface area contributed by atoms with Crippen LogP contribution >= 0.6 is 31.9 Å². The molecule has 0 fully saturated rings. The van der Waals surface area contributed by atoms with E-state index in [0.29, 0.717) is 0 Å². The molecule has 5 heteroatoms. The van der Waals surface area contributed by atoms with E-state index in [1.807, 2.05) is 0 Å². The Balaban J connectivity index is 3.39. The van der Waals surface area contributed by atoms with Crippen molar-refractivity contribution < 1.29 is 13.2 Å². The molecule has 1 aromatic carbocycles. The van der Waals surface area contributed by atoms with Crippen LogP contribution in [0.3, 0.4) is 0 Å². The highest BCUT2D eigenvalue weighted by Gasteiger charge is 2.14. The number of alkyl halides is 1. The van der Waals surface area contributed by atoms with E-state index in [4.69, 9.17) is 0 Å². The normalized spacial score (nSPS) is 10.4. The van der Waals surface area contributed by atoms with E-state index in [1.165, 1.54) is 0 Å². The summed E-state index contributed by atoms with van der Waals surface area (Å²) in [6.07, 6.45) is 0. The third-order valence-electron chi connectivity index (χ3n) is 1.32. The summed E-state index contributed by atoms with van der Waals surface area (Å²) in [6.45, 7) is -0.901. The molecule has 12 heavy (non-hydrogen) atoms. The van der Waals surface area contributed by atoms with Crippen molar-refractivity contribution in [2.75, 3.05) is 0 Å². The van der Waals surface area contributed by atoms with Crippen LogP contribution in [0, 0.1) is 11.6 Å². The fraction of sp³-hybridized carbons (Fsp3) is 0.143. The first kappa shape index (κ1) is 10.1. The SMILES string of the molecule is FCc1cc(F)c(Br)c(F)c1Br. The van der Waals surface area contributed by atoms with Gasteiger partial charge in [-0.25, -0.2) is 13.2 Å². The summed E-state index contributed by atoms with van der Waals surface area (Å²) >= 11 is 5.50. The molecule has 0 saturated heterocycles. The Morgan fingerprint density at radius 2 is 1.75 bits per heavy atom. The van der Waals surface area contributed by atoms with Crippen molar-refractivity contribution in [1.82, 2.24) is 0 Å². The van der Waals surface area contributed by atoms with Crippen molar-refractivity contribution in [3.63, 3.8) is 0 Å². The number of halogens is 5. The lowest BCUT2D eigenvalue weighted by atomic mass is 10.2. The molecule has 0 spiro atoms. The average molecular weight is 304 g/mol. The highest BCUT2D eigenvalue weighted by Crippen LogP contribution is 2.30. The lowest BCUT2D eigenvalue weighted by Crippen LogP contribution is -1.92. The lowest BCUT2D eigenvalue weighted by Gasteiger charge is -2.03. The van der Waals surface area contributed by atoms with Crippen molar-refractivity contribution in [2.24, 2.45) is 0 Å². The molecular weight excluding hydrogens is 301 g/mol. The first-order chi connectivity index (χ1) is 5.57. The Bertz CT molecular complexity index is 312. The molecule has 0 amide bonds. The van der Waals surface area contributed by atoms with Crippen LogP contribution in [0.4, 0.5) is 13.2 Å². The molecular formula is C7H3Br2F3. The highest BCUT2D eigenvalue weighted by atomic mass is 79.9. The summed E-state index contributed by atoms with van der Waals surface area (Å²) in [7, 11) is 0. The molecule has 0 aliphatic rings. The Morgan fingerprint density at radius 1 is 1.17 bits per heavy atom. The van der Waals surface area contributed by atoms with Crippen molar-refractivity contribution in [2.45, 2.75) is 6.67 Å². The molecule has 0 heterocycles. The van der Waals surface area contributed by atoms with Gasteiger partial charge in [-0.3, -0.25) is 0 Å². The van der Waals surface area contributed by atoms with Crippen molar-refractivity contribution in [3.05, 3.63) is 32.2 Å². The highest BCUT2D eigenvalue weighted by molar-refractivity contribution is 9.11. The fourth-order valence-corrected chi connectivity index (χ4v) is 1.72. The Hall–Kier alpha value is -0.0300. The van der Waals surface area contributed by atoms with E-state index in [2.05, 4.69) is 31.9 Å². The van der Waals surface area contributed by atoms with Crippen LogP contribution in [-0.4, -0.2) is 0 Å². The van der Waals surface area contributed by atoms with Crippen molar-refractivity contribution in [3.8, 4) is 0 Å². The summed E-state index contributed by atoms with van der Waals surface area (Å²) in [4.78, 5) is 0. The van der Waals surface area contributed by atoms with Crippen LogP contribution in [-0.2, 0) is 6.67 Å². The zero-order chi connectivity index (χ0) is 9.30. The van der Waals surface area contributed by atoms with E-state index < -0.39 is 18.3 Å². The number of hydrogen-bond acceptors (Lipinski definition) is 0. The van der Waals surface area contributed by atoms with Gasteiger partial charge in [0.25, 0.3) is 0 Å². The first-order valence-corrected chi connectivity index (χ1v) is 4.54. The predicted molar refractivity (Wildman–Crippen MR) is 46.6 cm³/mol. The van der Waals surface area contributed by atoms with Gasteiger partial charge in [-0.2, -0.15) is 0 Å². The molecule has 66 valence electrons. The fourth-order valence-electron chi connectivity index (χ4n) is 0.719. The van der Waals surface area contributed by atoms with Crippen molar-refractivity contribution >= 4 is 31.9 Å². The Kier molecular flexibility index (Phi) is 3.17. The van der Waals surface area contributed by atoms with Gasteiger partial charge in [0.2, 0.25) is 0 Å². The van der Waals surface area contributed by atoms with Crippen molar-refractivity contribution in [1.29, 1.82) is 0 Å². The molecule has 0 bridgehead atoms. The van der Waals surface area contributed by atoms with Crippen LogP contribution in [0.1, 0.15) is 5.56 Å². The summed E-state index contributed by atoms with van der Waals surface area (Å²) < 4.78 is 37.4. The van der Waals surface area contributed by atoms with E-state index in [0.717, 1.165) is 6.07 Å². The van der Waals surface area contributed by atoms with Gasteiger partial charge in [-0.1, -0.05) is 0 Å². The van der Waals surface area contributed by atoms with E-state index in [1.54, 1.807) is 0 Å². The van der Waals surface area contributed by atoms with Crippen LogP contribution < -0.4 is 0 Å². The van der Waals surface area contributed by atoms with Gasteiger partial charge in [-0.15, -0.1) is 0 Å². The minimum Gasteiger partial charge on any atom is -0.246 e. The number of rotatable bonds is 1. The van der Waals surface area contributed by atoms with Crippen LogP contribution in [0.15, 0.2) is 15.0 Å². The van der Waals surface area contributed by atoms with Gasteiger partial charge in [0.15, 0.2) is 5.82 Å². The Labute approximate surface area is 84.0 Å². The maximum Gasteiger partial charge on any atom is 0.154 e. The maximum atomic E-state index is 12.9. The third kappa shape index (κ3) is 1.66. The minimum atomic E-state index is -0.901. The quantitative estimate of drug-likeness (QED) is 0.544. The summed E-state index contributed by atoms with van der Waals surface area (Å²) in [5.74, 6) is -1.62. The summed E-state index contributed by atoms with van der Waals surface area (Å²) in [5, 5.41) is 0. The van der Waals surface area contributed by atoms with Gasteiger partial charge in [0, 0.05) is 5.56 Å². The molecule has 0 aliphatic heterocycles. The molecule has 0 atom stereocenters. The van der Waals surface area contributed by atoms with Gasteiger partial charge in [0.1, 0.15) is 12.5 Å². The standard InChI is InChI=1S/C7H3Br2F3/c8-5-3(2-10)1-4(11)6(9)7(5)12/h1H,2H2. The molecule has 0 radical (unpaired) electrons. The van der Waals surface area contributed by atoms with E-state index in [-0.39, 0.29) is 14.5 Å². The zero-order valence-corrected chi connectivity index (χ0v) is 8.85. The van der Waals surface area contributed by atoms with Crippen LogP contribution in [0.25, 0.3) is 0 Å². The predicted octanol–water partition coefficient (Wildman–Crippen LogP) is 3.96. The summed E-state index contributed by atoms with van der Waals surface area (Å²) in [5.41, 5.74) is -0.0341. The second kappa shape index (κ2) is 3.79. The topological polar surface area (TPSA) is 0 Å². The molecule has 0 saturated carbocycles. The first-order valence-electron chi connectivity index (χ1n) is 2.95. The molecule has 0 aliphatic carbocycles. The molecule has 0 N–H and O–H groups in total.